The quantitative estimate of drug-likeness (QED) is 0.427. The molecule has 0 radical (unpaired) electrons. The molecule has 5 aliphatic rings. The van der Waals surface area contributed by atoms with Crippen molar-refractivity contribution >= 4 is 0 Å². The van der Waals surface area contributed by atoms with Crippen molar-refractivity contribution in [3.63, 3.8) is 0 Å². The minimum Gasteiger partial charge on any atom is -0.371 e. The Kier molecular flexibility index (Phi) is 5.13. The first-order chi connectivity index (χ1) is 14.4. The smallest absolute Gasteiger partial charge is 0.0692 e. The second-order valence-corrected chi connectivity index (χ2v) is 14.9. The summed E-state index contributed by atoms with van der Waals surface area (Å²) in [5.74, 6) is 4.26. The van der Waals surface area contributed by atoms with E-state index in [-0.39, 0.29) is 5.60 Å². The summed E-state index contributed by atoms with van der Waals surface area (Å²) in [7, 11) is 0. The van der Waals surface area contributed by atoms with E-state index in [1.165, 1.54) is 70.6 Å². The van der Waals surface area contributed by atoms with E-state index >= 15 is 0 Å². The van der Waals surface area contributed by atoms with Crippen LogP contribution in [0.3, 0.4) is 0 Å². The van der Waals surface area contributed by atoms with Crippen LogP contribution >= 0.6 is 0 Å². The summed E-state index contributed by atoms with van der Waals surface area (Å²) < 4.78 is 6.92. The first-order valence-electron chi connectivity index (χ1n) is 14.1. The molecule has 8 unspecified atom stereocenters. The summed E-state index contributed by atoms with van der Waals surface area (Å²) in [6.45, 7) is 20.6. The zero-order chi connectivity index (χ0) is 22.4. The third-order valence-electron chi connectivity index (χ3n) is 13.0. The lowest BCUT2D eigenvalue weighted by Crippen LogP contribution is -2.60. The number of hydrogen-bond acceptors (Lipinski definition) is 1. The van der Waals surface area contributed by atoms with Crippen molar-refractivity contribution in [1.29, 1.82) is 0 Å². The molecule has 31 heavy (non-hydrogen) atoms. The third-order valence-corrected chi connectivity index (χ3v) is 13.0. The fraction of sp³-hybridized carbons (Fsp3) is 1.00. The largest absolute Gasteiger partial charge is 0.371 e. The van der Waals surface area contributed by atoms with E-state index in [0.717, 1.165) is 23.7 Å². The average Bonchev–Trinajstić information content (AvgIpc) is 3.20. The predicted octanol–water partition coefficient (Wildman–Crippen LogP) is 8.66. The molecule has 1 heteroatoms. The van der Waals surface area contributed by atoms with Crippen molar-refractivity contribution < 1.29 is 4.74 Å². The fourth-order valence-corrected chi connectivity index (χ4v) is 11.2. The molecule has 4 aliphatic carbocycles. The van der Waals surface area contributed by atoms with Crippen LogP contribution in [0.2, 0.25) is 0 Å². The monoisotopic (exact) mass is 428 g/mol. The number of rotatable bonds is 2. The van der Waals surface area contributed by atoms with Gasteiger partial charge in [0.25, 0.3) is 0 Å². The van der Waals surface area contributed by atoms with Crippen LogP contribution < -0.4 is 0 Å². The predicted molar refractivity (Wildman–Crippen MR) is 131 cm³/mol. The van der Waals surface area contributed by atoms with E-state index < -0.39 is 0 Å². The van der Waals surface area contributed by atoms with E-state index in [1.807, 2.05) is 0 Å². The van der Waals surface area contributed by atoms with Crippen LogP contribution in [0.15, 0.2) is 0 Å². The van der Waals surface area contributed by atoms with Gasteiger partial charge in [0.2, 0.25) is 0 Å². The lowest BCUT2D eigenvalue weighted by atomic mass is 9.38. The highest BCUT2D eigenvalue weighted by molar-refractivity contribution is 5.18. The first kappa shape index (κ1) is 22.7. The standard InChI is InChI=1S/C30H52O/c1-20(2)23-13-19-30(8,31-23)25-14-18-28(6)22-10-11-24-26(3,4)15-9-16-27(24,5)21(22)12-17-29(25,28)7/h20-25H,9-19H2,1-8H3/t21?,22?,23?,24?,25?,27?,28?,29?,30-/m0/s1. The van der Waals surface area contributed by atoms with Gasteiger partial charge in [0.15, 0.2) is 0 Å². The van der Waals surface area contributed by atoms with E-state index in [2.05, 4.69) is 55.4 Å². The Morgan fingerprint density at radius 3 is 2.03 bits per heavy atom. The Bertz CT molecular complexity index is 709. The van der Waals surface area contributed by atoms with Crippen LogP contribution in [0, 0.1) is 51.2 Å². The second kappa shape index (κ2) is 6.99. The number of hydrogen-bond donors (Lipinski definition) is 0. The lowest BCUT2D eigenvalue weighted by molar-refractivity contribution is -0.194. The Labute approximate surface area is 193 Å². The highest BCUT2D eigenvalue weighted by Gasteiger charge is 2.69. The molecule has 178 valence electrons. The molecule has 0 amide bonds. The highest BCUT2D eigenvalue weighted by Crippen LogP contribution is 2.75. The maximum atomic E-state index is 6.92. The second-order valence-electron chi connectivity index (χ2n) is 14.9. The van der Waals surface area contributed by atoms with Gasteiger partial charge < -0.3 is 4.74 Å². The minimum atomic E-state index is 0.113. The molecule has 1 saturated heterocycles. The molecule has 5 fully saturated rings. The maximum Gasteiger partial charge on any atom is 0.0692 e. The molecule has 0 aromatic heterocycles. The van der Waals surface area contributed by atoms with Crippen LogP contribution in [0.1, 0.15) is 126 Å². The van der Waals surface area contributed by atoms with Gasteiger partial charge in [-0.1, -0.05) is 54.9 Å². The molecule has 1 aliphatic heterocycles. The minimum absolute atomic E-state index is 0.113. The normalized spacial score (nSPS) is 56.2. The van der Waals surface area contributed by atoms with Crippen LogP contribution in [0.4, 0.5) is 0 Å². The Balaban J connectivity index is 1.45. The molecule has 1 heterocycles. The SMILES string of the molecule is CC(C)C1CC[C@@](C)(C2CCC3(C)C4CCC5C(C)(C)CCCC5(C)C4CCC23C)O1. The van der Waals surface area contributed by atoms with Gasteiger partial charge in [0.1, 0.15) is 0 Å². The zero-order valence-electron chi connectivity index (χ0n) is 22.2. The van der Waals surface area contributed by atoms with E-state index in [0.29, 0.717) is 33.7 Å². The zero-order valence-corrected chi connectivity index (χ0v) is 22.2. The fourth-order valence-electron chi connectivity index (χ4n) is 11.2. The Morgan fingerprint density at radius 2 is 1.35 bits per heavy atom. The van der Waals surface area contributed by atoms with Gasteiger partial charge >= 0.3 is 0 Å². The molecule has 1 nitrogen and oxygen atoms in total. The lowest BCUT2D eigenvalue weighted by Gasteiger charge is -2.67. The summed E-state index contributed by atoms with van der Waals surface area (Å²) in [6, 6.07) is 0. The van der Waals surface area contributed by atoms with Crippen molar-refractivity contribution in [1.82, 2.24) is 0 Å². The number of fused-ring (bicyclic) bond motifs is 5. The molecule has 0 N–H and O–H groups in total. The molecular weight excluding hydrogens is 376 g/mol. The average molecular weight is 429 g/mol. The van der Waals surface area contributed by atoms with Crippen LogP contribution in [-0.4, -0.2) is 11.7 Å². The molecule has 9 atom stereocenters. The molecule has 5 rings (SSSR count). The summed E-state index contributed by atoms with van der Waals surface area (Å²) in [4.78, 5) is 0. The van der Waals surface area contributed by atoms with E-state index in [9.17, 15) is 0 Å². The summed E-state index contributed by atoms with van der Waals surface area (Å²) in [5.41, 5.74) is 2.22. The van der Waals surface area contributed by atoms with Gasteiger partial charge in [-0.3, -0.25) is 0 Å². The molecule has 0 spiro atoms. The van der Waals surface area contributed by atoms with Gasteiger partial charge in [0.05, 0.1) is 11.7 Å². The van der Waals surface area contributed by atoms with E-state index in [4.69, 9.17) is 4.74 Å². The van der Waals surface area contributed by atoms with Gasteiger partial charge in [-0.15, -0.1) is 0 Å². The van der Waals surface area contributed by atoms with Gasteiger partial charge in [-0.2, -0.15) is 0 Å². The third kappa shape index (κ3) is 2.96. The van der Waals surface area contributed by atoms with Crippen molar-refractivity contribution in [2.24, 2.45) is 51.2 Å². The molecule has 4 saturated carbocycles. The van der Waals surface area contributed by atoms with Gasteiger partial charge in [0, 0.05) is 0 Å². The molecule has 0 aromatic rings. The topological polar surface area (TPSA) is 9.23 Å². The summed E-state index contributed by atoms with van der Waals surface area (Å²) >= 11 is 0. The molecule has 0 bridgehead atoms. The van der Waals surface area contributed by atoms with Crippen LogP contribution in [0.25, 0.3) is 0 Å². The maximum absolute atomic E-state index is 6.92. The molecule has 0 aromatic carbocycles. The van der Waals surface area contributed by atoms with Crippen molar-refractivity contribution in [2.75, 3.05) is 0 Å². The van der Waals surface area contributed by atoms with Gasteiger partial charge in [-0.25, -0.2) is 0 Å². The van der Waals surface area contributed by atoms with Crippen molar-refractivity contribution in [3.8, 4) is 0 Å². The Hall–Kier alpha value is -0.0400. The van der Waals surface area contributed by atoms with Crippen molar-refractivity contribution in [3.05, 3.63) is 0 Å². The first-order valence-corrected chi connectivity index (χ1v) is 14.1. The number of ether oxygens (including phenoxy) is 1. The molecular formula is C30H52O. The highest BCUT2D eigenvalue weighted by atomic mass is 16.5. The van der Waals surface area contributed by atoms with Gasteiger partial charge in [-0.05, 0) is 122 Å². The van der Waals surface area contributed by atoms with Crippen molar-refractivity contribution in [2.45, 2.75) is 138 Å². The van der Waals surface area contributed by atoms with Crippen LogP contribution in [-0.2, 0) is 4.74 Å². The van der Waals surface area contributed by atoms with Crippen LogP contribution in [0.5, 0.6) is 0 Å². The summed E-state index contributed by atoms with van der Waals surface area (Å²) in [5, 5.41) is 0. The van der Waals surface area contributed by atoms with E-state index in [1.54, 1.807) is 0 Å². The summed E-state index contributed by atoms with van der Waals surface area (Å²) in [6.07, 6.45) is 16.2. The Morgan fingerprint density at radius 1 is 0.645 bits per heavy atom.